The standard InChI is InChI=1S/C2H8N2.C2H4O2.4Na.4H/c3-1-2-4;1-2(3)4;;;;;;;;/h1-4H2;1H3,(H,3,4);;;;;;;;/q;;4*+1;4*-1. The van der Waals surface area contributed by atoms with Crippen LogP contribution in [0.3, 0.4) is 0 Å². The molecule has 0 aromatic carbocycles. The van der Waals surface area contributed by atoms with E-state index in [2.05, 4.69) is 0 Å². The third-order valence-corrected chi connectivity index (χ3v) is 0.167. The second-order valence-electron chi connectivity index (χ2n) is 1.10. The van der Waals surface area contributed by atoms with Crippen LogP contribution < -0.4 is 130 Å². The summed E-state index contributed by atoms with van der Waals surface area (Å²) in [6.07, 6.45) is 0. The van der Waals surface area contributed by atoms with Crippen LogP contribution in [0.1, 0.15) is 12.6 Å². The quantitative estimate of drug-likeness (QED) is 0.380. The van der Waals surface area contributed by atoms with Crippen molar-refractivity contribution in [3.63, 3.8) is 0 Å². The summed E-state index contributed by atoms with van der Waals surface area (Å²) in [7, 11) is 0. The molecular weight excluding hydrogens is 200 g/mol. The summed E-state index contributed by atoms with van der Waals surface area (Å²) in [6, 6.07) is 0. The van der Waals surface area contributed by atoms with Gasteiger partial charge in [0.2, 0.25) is 0 Å². The number of rotatable bonds is 1. The average molecular weight is 216 g/mol. The Kier molecular flexibility index (Phi) is 110. The van der Waals surface area contributed by atoms with E-state index < -0.39 is 5.97 Å². The van der Waals surface area contributed by atoms with Crippen LogP contribution in [-0.2, 0) is 4.79 Å². The molecule has 0 bridgehead atoms. The molecule has 8 heteroatoms. The molecule has 0 aromatic heterocycles. The van der Waals surface area contributed by atoms with Crippen molar-refractivity contribution in [1.82, 2.24) is 0 Å². The van der Waals surface area contributed by atoms with E-state index in [0.29, 0.717) is 13.1 Å². The van der Waals surface area contributed by atoms with E-state index in [-0.39, 0.29) is 124 Å². The first kappa shape index (κ1) is 36.1. The van der Waals surface area contributed by atoms with Gasteiger partial charge in [0.25, 0.3) is 5.97 Å². The summed E-state index contributed by atoms with van der Waals surface area (Å²) in [4.78, 5) is 9.00. The number of nitrogens with two attached hydrogens (primary N) is 2. The van der Waals surface area contributed by atoms with Crippen LogP contribution in [0.2, 0.25) is 0 Å². The minimum Gasteiger partial charge on any atom is -1.00 e. The molecule has 12 heavy (non-hydrogen) atoms. The number of carbonyl (C=O) groups is 1. The second-order valence-corrected chi connectivity index (χ2v) is 1.10. The molecule has 0 unspecified atom stereocenters. The molecule has 0 rings (SSSR count). The van der Waals surface area contributed by atoms with Crippen molar-refractivity contribution in [2.24, 2.45) is 11.5 Å². The van der Waals surface area contributed by atoms with Gasteiger partial charge in [-0.15, -0.1) is 0 Å². The summed E-state index contributed by atoms with van der Waals surface area (Å²) in [6.45, 7) is 2.28. The Morgan fingerprint density at radius 1 is 1.17 bits per heavy atom. The minimum absolute atomic E-state index is 0. The zero-order valence-electron chi connectivity index (χ0n) is 12.9. The normalized spacial score (nSPS) is 4.58. The first-order chi connectivity index (χ1) is 3.65. The number of aliphatic carboxylic acids is 1. The van der Waals surface area contributed by atoms with Gasteiger partial charge >= 0.3 is 118 Å². The molecule has 0 aromatic rings. The van der Waals surface area contributed by atoms with Gasteiger partial charge < -0.3 is 22.3 Å². The van der Waals surface area contributed by atoms with Crippen molar-refractivity contribution in [3.05, 3.63) is 0 Å². The molecule has 0 saturated heterocycles. The van der Waals surface area contributed by atoms with Crippen molar-refractivity contribution in [2.45, 2.75) is 6.92 Å². The first-order valence-corrected chi connectivity index (χ1v) is 2.24. The van der Waals surface area contributed by atoms with Crippen LogP contribution in [0, 0.1) is 0 Å². The van der Waals surface area contributed by atoms with E-state index in [4.69, 9.17) is 21.4 Å². The third kappa shape index (κ3) is 107. The third-order valence-electron chi connectivity index (χ3n) is 0.167. The van der Waals surface area contributed by atoms with E-state index in [0.717, 1.165) is 6.92 Å². The topological polar surface area (TPSA) is 89.3 Å². The van der Waals surface area contributed by atoms with Gasteiger partial charge in [0.05, 0.1) is 0 Å². The van der Waals surface area contributed by atoms with Crippen LogP contribution in [0.15, 0.2) is 0 Å². The van der Waals surface area contributed by atoms with Crippen molar-refractivity contribution in [2.75, 3.05) is 13.1 Å². The van der Waals surface area contributed by atoms with E-state index in [1.807, 2.05) is 0 Å². The maximum atomic E-state index is 9.00. The maximum Gasteiger partial charge on any atom is 1.00 e. The molecule has 4 nitrogen and oxygen atoms in total. The van der Waals surface area contributed by atoms with Gasteiger partial charge in [-0.25, -0.2) is 0 Å². The van der Waals surface area contributed by atoms with E-state index >= 15 is 0 Å². The molecule has 0 aliphatic carbocycles. The summed E-state index contributed by atoms with van der Waals surface area (Å²) >= 11 is 0. The Morgan fingerprint density at radius 3 is 1.25 bits per heavy atom. The zero-order chi connectivity index (χ0) is 6.99. The van der Waals surface area contributed by atoms with E-state index in [9.17, 15) is 0 Å². The van der Waals surface area contributed by atoms with Gasteiger partial charge in [-0.3, -0.25) is 4.79 Å². The Hall–Kier alpha value is 3.39. The molecule has 0 aliphatic rings. The Balaban J connectivity index is -0.00000000375. The van der Waals surface area contributed by atoms with Gasteiger partial charge in [-0.1, -0.05) is 0 Å². The Bertz CT molecular complexity index is 74.0. The van der Waals surface area contributed by atoms with Crippen molar-refractivity contribution >= 4 is 5.97 Å². The minimum atomic E-state index is -0.833. The SMILES string of the molecule is CC(=O)O.NCCN.[H-].[H-].[H-].[H-].[Na+].[Na+].[Na+].[Na+]. The van der Waals surface area contributed by atoms with E-state index in [1.54, 1.807) is 0 Å². The molecule has 0 amide bonds. The molecule has 0 heterocycles. The number of hydrogen-bond acceptors (Lipinski definition) is 3. The smallest absolute Gasteiger partial charge is 1.00 e. The molecule has 58 valence electrons. The van der Waals surface area contributed by atoms with Gasteiger partial charge in [0.1, 0.15) is 0 Å². The fourth-order valence-electron chi connectivity index (χ4n) is 0. The summed E-state index contributed by atoms with van der Waals surface area (Å²) in [5, 5.41) is 7.42. The molecule has 0 atom stereocenters. The van der Waals surface area contributed by atoms with Crippen molar-refractivity contribution < 1.29 is 134 Å². The zero-order valence-corrected chi connectivity index (χ0v) is 16.9. The summed E-state index contributed by atoms with van der Waals surface area (Å²) in [5.74, 6) is -0.833. The van der Waals surface area contributed by atoms with Crippen LogP contribution in [0.25, 0.3) is 0 Å². The maximum absolute atomic E-state index is 9.00. The van der Waals surface area contributed by atoms with Gasteiger partial charge in [-0.2, -0.15) is 0 Å². The van der Waals surface area contributed by atoms with Crippen LogP contribution >= 0.6 is 0 Å². The molecule has 0 radical (unpaired) electrons. The average Bonchev–Trinajstić information content (AvgIpc) is 1.65. The number of carboxylic acid groups (broad SMARTS) is 1. The largest absolute Gasteiger partial charge is 1.00 e. The van der Waals surface area contributed by atoms with Gasteiger partial charge in [0.15, 0.2) is 0 Å². The predicted octanol–water partition coefficient (Wildman–Crippen LogP) is -12.5. The fourth-order valence-corrected chi connectivity index (χ4v) is 0. The van der Waals surface area contributed by atoms with Crippen LogP contribution in [-0.4, -0.2) is 24.2 Å². The predicted molar refractivity (Wildman–Crippen MR) is 35.9 cm³/mol. The number of hydrogen-bond donors (Lipinski definition) is 3. The van der Waals surface area contributed by atoms with Gasteiger partial charge in [0, 0.05) is 20.0 Å². The van der Waals surface area contributed by atoms with Crippen LogP contribution in [0.4, 0.5) is 0 Å². The van der Waals surface area contributed by atoms with E-state index in [1.165, 1.54) is 0 Å². The first-order valence-electron chi connectivity index (χ1n) is 2.24. The molecule has 0 aliphatic heterocycles. The number of carboxylic acids is 1. The molecule has 0 fully saturated rings. The van der Waals surface area contributed by atoms with Gasteiger partial charge in [-0.05, 0) is 0 Å². The molecular formula is C4H16N2Na4O2. The second kappa shape index (κ2) is 36.7. The molecule has 0 spiro atoms. The summed E-state index contributed by atoms with van der Waals surface area (Å²) in [5.41, 5.74) is 9.81. The summed E-state index contributed by atoms with van der Waals surface area (Å²) < 4.78 is 0. The molecule has 0 saturated carbocycles. The monoisotopic (exact) mass is 216 g/mol. The van der Waals surface area contributed by atoms with Crippen molar-refractivity contribution in [1.29, 1.82) is 0 Å². The van der Waals surface area contributed by atoms with Crippen LogP contribution in [0.5, 0.6) is 0 Å². The molecule has 5 N–H and O–H groups in total. The Morgan fingerprint density at radius 2 is 1.25 bits per heavy atom. The van der Waals surface area contributed by atoms with Crippen molar-refractivity contribution in [3.8, 4) is 0 Å². The fraction of sp³-hybridized carbons (Fsp3) is 0.750. The Labute approximate surface area is 168 Å².